The van der Waals surface area contributed by atoms with Crippen molar-refractivity contribution in [3.8, 4) is 0 Å². The number of halogens is 3. The zero-order valence-electron chi connectivity index (χ0n) is 10.3. The molecular weight excluding hydrogens is 245 g/mol. The Kier molecular flexibility index (Phi) is 5.91. The number of aromatic nitrogens is 1. The second-order valence-corrected chi connectivity index (χ2v) is 3.80. The number of nitrogens with zero attached hydrogens (tertiary/aromatic N) is 1. The molecule has 1 aromatic heterocycles. The molecule has 0 bridgehead atoms. The number of pyridine rings is 1. The van der Waals surface area contributed by atoms with Crippen molar-refractivity contribution >= 4 is 5.82 Å². The molecule has 0 unspecified atom stereocenters. The molecule has 1 N–H and O–H groups in total. The summed E-state index contributed by atoms with van der Waals surface area (Å²) in [4.78, 5) is 3.49. The first-order valence-electron chi connectivity index (χ1n) is 5.90. The molecule has 102 valence electrons. The van der Waals surface area contributed by atoms with Gasteiger partial charge in [-0.05, 0) is 18.6 Å². The Hall–Kier alpha value is -1.30. The summed E-state index contributed by atoms with van der Waals surface area (Å²) >= 11 is 0. The largest absolute Gasteiger partial charge is 0.433 e. The molecular formula is C12H17F3N2O. The Bertz CT molecular complexity index is 355. The Morgan fingerprint density at radius 3 is 2.72 bits per heavy atom. The maximum atomic E-state index is 12.4. The fraction of sp³-hybridized carbons (Fsp3) is 0.583. The van der Waals surface area contributed by atoms with Gasteiger partial charge in [0.25, 0.3) is 0 Å². The van der Waals surface area contributed by atoms with Crippen LogP contribution in [0.2, 0.25) is 0 Å². The lowest BCUT2D eigenvalue weighted by molar-refractivity contribution is -0.141. The SMILES string of the molecule is CCCCOCCNc1cccc(C(F)(F)F)n1. The predicted molar refractivity (Wildman–Crippen MR) is 63.5 cm³/mol. The van der Waals surface area contributed by atoms with Gasteiger partial charge < -0.3 is 10.1 Å². The summed E-state index contributed by atoms with van der Waals surface area (Å²) in [6, 6.07) is 3.78. The molecule has 0 aliphatic heterocycles. The number of unbranched alkanes of at least 4 members (excludes halogenated alkanes) is 1. The molecule has 0 amide bonds. The molecule has 0 radical (unpaired) electrons. The third-order valence-corrected chi connectivity index (χ3v) is 2.23. The van der Waals surface area contributed by atoms with Gasteiger partial charge in [0.15, 0.2) is 0 Å². The number of hydrogen-bond donors (Lipinski definition) is 1. The van der Waals surface area contributed by atoms with E-state index in [1.165, 1.54) is 12.1 Å². The van der Waals surface area contributed by atoms with E-state index in [9.17, 15) is 13.2 Å². The number of hydrogen-bond acceptors (Lipinski definition) is 3. The van der Waals surface area contributed by atoms with E-state index < -0.39 is 11.9 Å². The number of anilines is 1. The quantitative estimate of drug-likeness (QED) is 0.765. The standard InChI is InChI=1S/C12H17F3N2O/c1-2-3-8-18-9-7-16-11-6-4-5-10(17-11)12(13,14)15/h4-6H,2-3,7-9H2,1H3,(H,16,17). The third kappa shape index (κ3) is 5.35. The second-order valence-electron chi connectivity index (χ2n) is 3.80. The Morgan fingerprint density at radius 2 is 2.06 bits per heavy atom. The van der Waals surface area contributed by atoms with Crippen LogP contribution in [-0.4, -0.2) is 24.7 Å². The van der Waals surface area contributed by atoms with Crippen LogP contribution in [0.3, 0.4) is 0 Å². The van der Waals surface area contributed by atoms with Crippen molar-refractivity contribution in [1.82, 2.24) is 4.98 Å². The molecule has 0 atom stereocenters. The van der Waals surface area contributed by atoms with Crippen molar-refractivity contribution in [2.45, 2.75) is 25.9 Å². The molecule has 0 aliphatic carbocycles. The topological polar surface area (TPSA) is 34.1 Å². The van der Waals surface area contributed by atoms with Crippen LogP contribution in [0.25, 0.3) is 0 Å². The molecule has 1 rings (SSSR count). The van der Waals surface area contributed by atoms with Gasteiger partial charge >= 0.3 is 6.18 Å². The van der Waals surface area contributed by atoms with Gasteiger partial charge in [0.2, 0.25) is 0 Å². The van der Waals surface area contributed by atoms with Crippen molar-refractivity contribution in [3.63, 3.8) is 0 Å². The smallest absolute Gasteiger partial charge is 0.380 e. The summed E-state index contributed by atoms with van der Waals surface area (Å²) < 4.78 is 42.4. The fourth-order valence-electron chi connectivity index (χ4n) is 1.29. The van der Waals surface area contributed by atoms with Gasteiger partial charge in [-0.3, -0.25) is 0 Å². The van der Waals surface area contributed by atoms with Crippen LogP contribution < -0.4 is 5.32 Å². The van der Waals surface area contributed by atoms with Crippen LogP contribution in [0.4, 0.5) is 19.0 Å². The summed E-state index contributed by atoms with van der Waals surface area (Å²) in [5, 5.41) is 2.80. The minimum Gasteiger partial charge on any atom is -0.380 e. The molecule has 6 heteroatoms. The van der Waals surface area contributed by atoms with Crippen LogP contribution in [0.1, 0.15) is 25.5 Å². The van der Waals surface area contributed by atoms with Gasteiger partial charge in [-0.1, -0.05) is 19.4 Å². The van der Waals surface area contributed by atoms with E-state index in [1.807, 2.05) is 0 Å². The van der Waals surface area contributed by atoms with E-state index in [1.54, 1.807) is 0 Å². The number of alkyl halides is 3. The summed E-state index contributed by atoms with van der Waals surface area (Å²) in [6.45, 7) is 3.64. The predicted octanol–water partition coefficient (Wildman–Crippen LogP) is 3.33. The lowest BCUT2D eigenvalue weighted by Gasteiger charge is -2.09. The molecule has 18 heavy (non-hydrogen) atoms. The van der Waals surface area contributed by atoms with Crippen LogP contribution in [0, 0.1) is 0 Å². The molecule has 0 fully saturated rings. The highest BCUT2D eigenvalue weighted by Gasteiger charge is 2.32. The molecule has 0 saturated carbocycles. The Morgan fingerprint density at radius 1 is 1.28 bits per heavy atom. The van der Waals surface area contributed by atoms with E-state index in [-0.39, 0.29) is 5.82 Å². The maximum Gasteiger partial charge on any atom is 0.433 e. The van der Waals surface area contributed by atoms with E-state index in [0.717, 1.165) is 18.9 Å². The summed E-state index contributed by atoms with van der Waals surface area (Å²) in [5.74, 6) is 0.212. The molecule has 3 nitrogen and oxygen atoms in total. The van der Waals surface area contributed by atoms with Gasteiger partial charge in [-0.15, -0.1) is 0 Å². The second kappa shape index (κ2) is 7.20. The molecule has 1 aromatic rings. The molecule has 0 spiro atoms. The van der Waals surface area contributed by atoms with Crippen LogP contribution >= 0.6 is 0 Å². The fourth-order valence-corrected chi connectivity index (χ4v) is 1.29. The first-order valence-corrected chi connectivity index (χ1v) is 5.90. The van der Waals surface area contributed by atoms with E-state index in [2.05, 4.69) is 17.2 Å². The summed E-state index contributed by atoms with van der Waals surface area (Å²) in [7, 11) is 0. The maximum absolute atomic E-state index is 12.4. The highest BCUT2D eigenvalue weighted by molar-refractivity contribution is 5.35. The zero-order chi connectivity index (χ0) is 13.4. The number of nitrogens with one attached hydrogen (secondary N) is 1. The molecule has 0 saturated heterocycles. The monoisotopic (exact) mass is 262 g/mol. The van der Waals surface area contributed by atoms with Gasteiger partial charge in [0, 0.05) is 13.2 Å². The third-order valence-electron chi connectivity index (χ3n) is 2.23. The van der Waals surface area contributed by atoms with Gasteiger partial charge in [0.1, 0.15) is 11.5 Å². The molecule has 0 aromatic carbocycles. The first-order chi connectivity index (χ1) is 8.54. The van der Waals surface area contributed by atoms with Gasteiger partial charge in [0.05, 0.1) is 6.61 Å². The normalized spacial score (nSPS) is 11.6. The van der Waals surface area contributed by atoms with Crippen molar-refractivity contribution in [2.75, 3.05) is 25.1 Å². The van der Waals surface area contributed by atoms with Crippen molar-refractivity contribution in [3.05, 3.63) is 23.9 Å². The van der Waals surface area contributed by atoms with Crippen LogP contribution in [0.5, 0.6) is 0 Å². The van der Waals surface area contributed by atoms with Crippen molar-refractivity contribution in [1.29, 1.82) is 0 Å². The lowest BCUT2D eigenvalue weighted by Crippen LogP contribution is -2.13. The van der Waals surface area contributed by atoms with E-state index in [4.69, 9.17) is 4.74 Å². The van der Waals surface area contributed by atoms with Gasteiger partial charge in [-0.25, -0.2) is 4.98 Å². The minimum atomic E-state index is -4.41. The van der Waals surface area contributed by atoms with E-state index in [0.29, 0.717) is 19.8 Å². The van der Waals surface area contributed by atoms with Crippen molar-refractivity contribution in [2.24, 2.45) is 0 Å². The average molecular weight is 262 g/mol. The summed E-state index contributed by atoms with van der Waals surface area (Å²) in [5.41, 5.74) is -0.889. The first kappa shape index (κ1) is 14.8. The highest BCUT2D eigenvalue weighted by atomic mass is 19.4. The lowest BCUT2D eigenvalue weighted by atomic mass is 10.3. The zero-order valence-corrected chi connectivity index (χ0v) is 10.3. The Balaban J connectivity index is 2.34. The molecule has 1 heterocycles. The Labute approximate surface area is 104 Å². The number of ether oxygens (including phenoxy) is 1. The molecule has 0 aliphatic rings. The van der Waals surface area contributed by atoms with Crippen LogP contribution in [-0.2, 0) is 10.9 Å². The summed E-state index contributed by atoms with van der Waals surface area (Å²) in [6.07, 6.45) is -2.36. The van der Waals surface area contributed by atoms with Crippen LogP contribution in [0.15, 0.2) is 18.2 Å². The highest BCUT2D eigenvalue weighted by Crippen LogP contribution is 2.27. The van der Waals surface area contributed by atoms with Gasteiger partial charge in [-0.2, -0.15) is 13.2 Å². The van der Waals surface area contributed by atoms with E-state index >= 15 is 0 Å². The number of rotatable bonds is 7. The minimum absolute atomic E-state index is 0.212. The average Bonchev–Trinajstić information content (AvgIpc) is 2.33. The van der Waals surface area contributed by atoms with Crippen molar-refractivity contribution < 1.29 is 17.9 Å².